The van der Waals surface area contributed by atoms with E-state index in [9.17, 15) is 0 Å². The lowest BCUT2D eigenvalue weighted by atomic mass is 10.2. The summed E-state index contributed by atoms with van der Waals surface area (Å²) in [7, 11) is 0. The molecule has 0 bridgehead atoms. The summed E-state index contributed by atoms with van der Waals surface area (Å²) in [5.41, 5.74) is 2.57. The van der Waals surface area contributed by atoms with Gasteiger partial charge in [0.05, 0.1) is 11.4 Å². The van der Waals surface area contributed by atoms with Crippen LogP contribution in [0.1, 0.15) is 5.56 Å². The fourth-order valence-corrected chi connectivity index (χ4v) is 2.23. The summed E-state index contributed by atoms with van der Waals surface area (Å²) < 4.78 is 5.73. The van der Waals surface area contributed by atoms with Crippen molar-refractivity contribution in [2.45, 2.75) is 6.61 Å². The maximum Gasteiger partial charge on any atom is 0.119 e. The normalized spacial score (nSPS) is 10.9. The molecule has 0 saturated carbocycles. The van der Waals surface area contributed by atoms with Crippen molar-refractivity contribution in [3.05, 3.63) is 88.4 Å². The van der Waals surface area contributed by atoms with Crippen LogP contribution < -0.4 is 4.74 Å². The lowest BCUT2D eigenvalue weighted by Gasteiger charge is -2.06. The molecule has 0 amide bonds. The third kappa shape index (κ3) is 4.82. The summed E-state index contributed by atoms with van der Waals surface area (Å²) in [6, 6.07) is 22.2. The summed E-state index contributed by atoms with van der Waals surface area (Å²) >= 11 is 11.7. The molecule has 3 rings (SSSR count). The van der Waals surface area contributed by atoms with Gasteiger partial charge in [0, 0.05) is 10.0 Å². The summed E-state index contributed by atoms with van der Waals surface area (Å²) in [5.74, 6) is 0.774. The highest BCUT2D eigenvalue weighted by atomic mass is 35.5. The third-order valence-electron chi connectivity index (χ3n) is 3.26. The SMILES string of the molecule is Clc1ccc(COc2ccc(N=Nc3ccc(Cl)cc3)cc2)cc1. The maximum absolute atomic E-state index is 5.86. The van der Waals surface area contributed by atoms with Gasteiger partial charge >= 0.3 is 0 Å². The molecule has 0 heterocycles. The summed E-state index contributed by atoms with van der Waals surface area (Å²) in [6.07, 6.45) is 0. The van der Waals surface area contributed by atoms with Gasteiger partial charge in [0.15, 0.2) is 0 Å². The molecule has 0 atom stereocenters. The lowest BCUT2D eigenvalue weighted by molar-refractivity contribution is 0.306. The molecule has 0 spiro atoms. The van der Waals surface area contributed by atoms with Gasteiger partial charge in [0.25, 0.3) is 0 Å². The van der Waals surface area contributed by atoms with Crippen molar-refractivity contribution in [3.63, 3.8) is 0 Å². The number of nitrogens with zero attached hydrogens (tertiary/aromatic N) is 2. The van der Waals surface area contributed by atoms with Gasteiger partial charge in [-0.2, -0.15) is 10.2 Å². The van der Waals surface area contributed by atoms with E-state index in [4.69, 9.17) is 27.9 Å². The van der Waals surface area contributed by atoms with E-state index < -0.39 is 0 Å². The Bertz CT molecular complexity index is 813. The van der Waals surface area contributed by atoms with Crippen molar-refractivity contribution in [2.24, 2.45) is 10.2 Å². The topological polar surface area (TPSA) is 34.0 Å². The Morgan fingerprint density at radius 3 is 1.62 bits per heavy atom. The van der Waals surface area contributed by atoms with Crippen LogP contribution in [0.2, 0.25) is 10.0 Å². The summed E-state index contributed by atoms with van der Waals surface area (Å²) in [4.78, 5) is 0. The Kier molecular flexibility index (Phi) is 5.47. The minimum absolute atomic E-state index is 0.489. The molecule has 3 aromatic rings. The van der Waals surface area contributed by atoms with E-state index >= 15 is 0 Å². The molecule has 0 unspecified atom stereocenters. The molecule has 0 aromatic heterocycles. The molecule has 0 aliphatic heterocycles. The number of benzene rings is 3. The molecule has 0 aliphatic carbocycles. The zero-order valence-corrected chi connectivity index (χ0v) is 14.2. The quantitative estimate of drug-likeness (QED) is 0.453. The number of hydrogen-bond donors (Lipinski definition) is 0. The van der Waals surface area contributed by atoms with Crippen molar-refractivity contribution in [2.75, 3.05) is 0 Å². The number of azo groups is 1. The summed E-state index contributed by atoms with van der Waals surface area (Å²) in [5, 5.41) is 9.74. The van der Waals surface area contributed by atoms with Crippen LogP contribution in [-0.4, -0.2) is 0 Å². The van der Waals surface area contributed by atoms with Crippen LogP contribution >= 0.6 is 23.2 Å². The highest BCUT2D eigenvalue weighted by Gasteiger charge is 1.98. The second-order valence-electron chi connectivity index (χ2n) is 5.09. The van der Waals surface area contributed by atoms with Gasteiger partial charge in [0.1, 0.15) is 12.4 Å². The number of halogens is 2. The maximum atomic E-state index is 5.86. The zero-order valence-electron chi connectivity index (χ0n) is 12.7. The van der Waals surface area contributed by atoms with Crippen LogP contribution in [0.25, 0.3) is 0 Å². The second-order valence-corrected chi connectivity index (χ2v) is 5.96. The Morgan fingerprint density at radius 1 is 0.625 bits per heavy atom. The van der Waals surface area contributed by atoms with E-state index in [0.29, 0.717) is 16.7 Å². The van der Waals surface area contributed by atoms with Gasteiger partial charge in [0.2, 0.25) is 0 Å². The lowest BCUT2D eigenvalue weighted by Crippen LogP contribution is -1.94. The minimum Gasteiger partial charge on any atom is -0.489 e. The van der Waals surface area contributed by atoms with Gasteiger partial charge in [-0.15, -0.1) is 0 Å². The van der Waals surface area contributed by atoms with Crippen LogP contribution in [0.4, 0.5) is 11.4 Å². The van der Waals surface area contributed by atoms with Crippen molar-refractivity contribution >= 4 is 34.6 Å². The van der Waals surface area contributed by atoms with Crippen molar-refractivity contribution in [1.29, 1.82) is 0 Å². The fourth-order valence-electron chi connectivity index (χ4n) is 1.98. The summed E-state index contributed by atoms with van der Waals surface area (Å²) in [6.45, 7) is 0.489. The molecule has 5 heteroatoms. The van der Waals surface area contributed by atoms with E-state index in [1.165, 1.54) is 0 Å². The van der Waals surface area contributed by atoms with E-state index in [0.717, 1.165) is 22.7 Å². The van der Waals surface area contributed by atoms with E-state index in [1.807, 2.05) is 60.7 Å². The smallest absolute Gasteiger partial charge is 0.119 e. The number of rotatable bonds is 5. The standard InChI is InChI=1S/C19H14Cl2N2O/c20-15-3-1-14(2-4-15)13-24-19-11-9-18(10-12-19)23-22-17-7-5-16(21)6-8-17/h1-12H,13H2. The van der Waals surface area contributed by atoms with Crippen LogP contribution in [0, 0.1) is 0 Å². The first-order chi connectivity index (χ1) is 11.7. The van der Waals surface area contributed by atoms with Crippen molar-refractivity contribution < 1.29 is 4.74 Å². The third-order valence-corrected chi connectivity index (χ3v) is 3.77. The molecule has 3 aromatic carbocycles. The molecule has 24 heavy (non-hydrogen) atoms. The predicted octanol–water partition coefficient (Wildman–Crippen LogP) is 6.99. The molecule has 0 aliphatic rings. The second kappa shape index (κ2) is 7.95. The van der Waals surface area contributed by atoms with Crippen LogP contribution in [0.15, 0.2) is 83.0 Å². The zero-order chi connectivity index (χ0) is 16.8. The molecule has 0 N–H and O–H groups in total. The van der Waals surface area contributed by atoms with Gasteiger partial charge in [-0.1, -0.05) is 35.3 Å². The molecular formula is C19H14Cl2N2O. The molecule has 120 valence electrons. The Morgan fingerprint density at radius 2 is 1.08 bits per heavy atom. The monoisotopic (exact) mass is 356 g/mol. The fraction of sp³-hybridized carbons (Fsp3) is 0.0526. The van der Waals surface area contributed by atoms with Gasteiger partial charge < -0.3 is 4.74 Å². The molecule has 3 nitrogen and oxygen atoms in total. The van der Waals surface area contributed by atoms with E-state index in [-0.39, 0.29) is 0 Å². The predicted molar refractivity (Wildman–Crippen MR) is 97.9 cm³/mol. The van der Waals surface area contributed by atoms with Crippen LogP contribution in [0.5, 0.6) is 5.75 Å². The van der Waals surface area contributed by atoms with Gasteiger partial charge in [-0.3, -0.25) is 0 Å². The molecule has 0 radical (unpaired) electrons. The highest BCUT2D eigenvalue weighted by molar-refractivity contribution is 6.30. The Balaban J connectivity index is 1.58. The largest absolute Gasteiger partial charge is 0.489 e. The first-order valence-corrected chi connectivity index (χ1v) is 8.09. The van der Waals surface area contributed by atoms with Gasteiger partial charge in [-0.25, -0.2) is 0 Å². The molecule has 0 saturated heterocycles. The van der Waals surface area contributed by atoms with E-state index in [2.05, 4.69) is 10.2 Å². The average Bonchev–Trinajstić information content (AvgIpc) is 2.62. The average molecular weight is 357 g/mol. The molecule has 0 fully saturated rings. The first-order valence-electron chi connectivity index (χ1n) is 7.34. The first kappa shape index (κ1) is 16.5. The minimum atomic E-state index is 0.489. The Labute approximate surface area is 150 Å². The van der Waals surface area contributed by atoms with Crippen LogP contribution in [0.3, 0.4) is 0 Å². The van der Waals surface area contributed by atoms with Crippen molar-refractivity contribution in [1.82, 2.24) is 0 Å². The number of hydrogen-bond acceptors (Lipinski definition) is 3. The Hall–Kier alpha value is -2.36. The van der Waals surface area contributed by atoms with Gasteiger partial charge in [-0.05, 0) is 66.2 Å². The molecular weight excluding hydrogens is 343 g/mol. The van der Waals surface area contributed by atoms with Crippen molar-refractivity contribution in [3.8, 4) is 5.75 Å². The van der Waals surface area contributed by atoms with Crippen LogP contribution in [-0.2, 0) is 6.61 Å². The van der Waals surface area contributed by atoms with E-state index in [1.54, 1.807) is 12.1 Å². The number of ether oxygens (including phenoxy) is 1. The highest BCUT2D eigenvalue weighted by Crippen LogP contribution is 2.23.